The summed E-state index contributed by atoms with van der Waals surface area (Å²) in [6.07, 6.45) is 1.46. The number of rotatable bonds is 2. The van der Waals surface area contributed by atoms with Gasteiger partial charge >= 0.3 is 0 Å². The van der Waals surface area contributed by atoms with Gasteiger partial charge in [-0.15, -0.1) is 0 Å². The predicted molar refractivity (Wildman–Crippen MR) is 83.0 cm³/mol. The fourth-order valence-electron chi connectivity index (χ4n) is 2.03. The smallest absolute Gasteiger partial charge is 0.298 e. The predicted octanol–water partition coefficient (Wildman–Crippen LogP) is 3.77. The molecule has 1 aliphatic heterocycles. The van der Waals surface area contributed by atoms with Gasteiger partial charge in [-0.05, 0) is 48.2 Å². The second kappa shape index (κ2) is 5.65. The average Bonchev–Trinajstić information content (AvgIpc) is 2.77. The molecule has 0 bridgehead atoms. The molecule has 0 aromatic heterocycles. The SMILES string of the molecule is O=C1S/C(=C\c2ccccc2O)C(=O)N1c1ccc(F)cc1. The molecule has 4 nitrogen and oxygen atoms in total. The van der Waals surface area contributed by atoms with E-state index in [-0.39, 0.29) is 10.7 Å². The van der Waals surface area contributed by atoms with Crippen LogP contribution in [0.25, 0.3) is 6.08 Å². The minimum absolute atomic E-state index is 0.0241. The summed E-state index contributed by atoms with van der Waals surface area (Å²) in [5, 5.41) is 9.27. The Hall–Kier alpha value is -2.60. The first-order chi connectivity index (χ1) is 10.6. The van der Waals surface area contributed by atoms with Crippen LogP contribution in [0.5, 0.6) is 5.75 Å². The number of anilines is 1. The summed E-state index contributed by atoms with van der Waals surface area (Å²) in [7, 11) is 0. The van der Waals surface area contributed by atoms with Crippen molar-refractivity contribution in [2.75, 3.05) is 4.90 Å². The summed E-state index contributed by atoms with van der Waals surface area (Å²) in [5.74, 6) is -0.915. The minimum Gasteiger partial charge on any atom is -0.507 e. The van der Waals surface area contributed by atoms with Crippen LogP contribution in [-0.2, 0) is 4.79 Å². The summed E-state index contributed by atoms with van der Waals surface area (Å²) in [6, 6.07) is 11.6. The summed E-state index contributed by atoms with van der Waals surface area (Å²) in [5.41, 5.74) is 0.761. The zero-order valence-corrected chi connectivity index (χ0v) is 12.0. The van der Waals surface area contributed by atoms with Crippen LogP contribution >= 0.6 is 11.8 Å². The molecule has 0 unspecified atom stereocenters. The molecule has 22 heavy (non-hydrogen) atoms. The molecule has 1 heterocycles. The standard InChI is InChI=1S/C16H10FNO3S/c17-11-5-7-12(8-6-11)18-15(20)14(22-16(18)21)9-10-3-1-2-4-13(10)19/h1-9,19H/b14-9-. The third-order valence-electron chi connectivity index (χ3n) is 3.10. The molecule has 1 fully saturated rings. The van der Waals surface area contributed by atoms with Crippen molar-refractivity contribution in [3.63, 3.8) is 0 Å². The number of thioether (sulfide) groups is 1. The molecule has 2 aromatic rings. The molecule has 0 saturated carbocycles. The van der Waals surface area contributed by atoms with E-state index >= 15 is 0 Å². The number of hydrogen-bond acceptors (Lipinski definition) is 4. The molecule has 2 amide bonds. The molecular formula is C16H10FNO3S. The number of carbonyl (C=O) groups is 2. The molecule has 6 heteroatoms. The Morgan fingerprint density at radius 3 is 2.41 bits per heavy atom. The Morgan fingerprint density at radius 2 is 1.73 bits per heavy atom. The Morgan fingerprint density at radius 1 is 1.05 bits per heavy atom. The van der Waals surface area contributed by atoms with Gasteiger partial charge in [0, 0.05) is 5.56 Å². The topological polar surface area (TPSA) is 57.6 Å². The van der Waals surface area contributed by atoms with Crippen molar-refractivity contribution in [1.82, 2.24) is 0 Å². The first-order valence-corrected chi connectivity index (χ1v) is 7.19. The Balaban J connectivity index is 1.95. The van der Waals surface area contributed by atoms with Crippen molar-refractivity contribution in [2.45, 2.75) is 0 Å². The van der Waals surface area contributed by atoms with E-state index < -0.39 is 17.0 Å². The third-order valence-corrected chi connectivity index (χ3v) is 3.97. The quantitative estimate of drug-likeness (QED) is 0.857. The fraction of sp³-hybridized carbons (Fsp3) is 0. The molecule has 110 valence electrons. The maximum absolute atomic E-state index is 12.9. The van der Waals surface area contributed by atoms with Crippen molar-refractivity contribution in [2.24, 2.45) is 0 Å². The number of hydrogen-bond donors (Lipinski definition) is 1. The molecule has 1 N–H and O–H groups in total. The Kier molecular flexibility index (Phi) is 3.68. The van der Waals surface area contributed by atoms with Gasteiger partial charge in [0.15, 0.2) is 0 Å². The van der Waals surface area contributed by atoms with E-state index in [1.54, 1.807) is 18.2 Å². The number of nitrogens with zero attached hydrogens (tertiary/aromatic N) is 1. The normalized spacial score (nSPS) is 16.6. The van der Waals surface area contributed by atoms with Crippen molar-refractivity contribution >= 4 is 34.7 Å². The van der Waals surface area contributed by atoms with Crippen LogP contribution < -0.4 is 4.90 Å². The van der Waals surface area contributed by atoms with Gasteiger partial charge in [0.05, 0.1) is 10.6 Å². The summed E-state index contributed by atoms with van der Waals surface area (Å²) in [4.78, 5) is 25.6. The zero-order valence-electron chi connectivity index (χ0n) is 11.2. The van der Waals surface area contributed by atoms with E-state index in [2.05, 4.69) is 0 Å². The maximum atomic E-state index is 12.9. The lowest BCUT2D eigenvalue weighted by atomic mass is 10.2. The molecule has 0 aliphatic carbocycles. The van der Waals surface area contributed by atoms with E-state index in [1.807, 2.05) is 0 Å². The number of amides is 2. The number of halogens is 1. The summed E-state index contributed by atoms with van der Waals surface area (Å²) >= 11 is 0.778. The third kappa shape index (κ3) is 2.60. The molecular weight excluding hydrogens is 305 g/mol. The van der Waals surface area contributed by atoms with E-state index in [0.717, 1.165) is 16.7 Å². The molecule has 0 radical (unpaired) electrons. The molecule has 3 rings (SSSR count). The van der Waals surface area contributed by atoms with Crippen molar-refractivity contribution in [1.29, 1.82) is 0 Å². The van der Waals surface area contributed by atoms with Gasteiger partial charge in [0.1, 0.15) is 11.6 Å². The number of phenols is 1. The van der Waals surface area contributed by atoms with Gasteiger partial charge in [-0.1, -0.05) is 18.2 Å². The average molecular weight is 315 g/mol. The zero-order chi connectivity index (χ0) is 15.7. The van der Waals surface area contributed by atoms with Crippen LogP contribution in [0.3, 0.4) is 0 Å². The number of para-hydroxylation sites is 1. The lowest BCUT2D eigenvalue weighted by molar-refractivity contribution is -0.113. The Labute approximate surface area is 129 Å². The summed E-state index contributed by atoms with van der Waals surface area (Å²) in [6.45, 7) is 0. The van der Waals surface area contributed by atoms with Gasteiger partial charge in [-0.25, -0.2) is 9.29 Å². The lowest BCUT2D eigenvalue weighted by Crippen LogP contribution is -2.27. The number of aromatic hydroxyl groups is 1. The van der Waals surface area contributed by atoms with E-state index in [9.17, 15) is 19.1 Å². The second-order valence-electron chi connectivity index (χ2n) is 4.55. The van der Waals surface area contributed by atoms with Gasteiger partial charge in [-0.2, -0.15) is 0 Å². The van der Waals surface area contributed by atoms with Crippen LogP contribution in [0.4, 0.5) is 14.9 Å². The highest BCUT2D eigenvalue weighted by Gasteiger charge is 2.36. The van der Waals surface area contributed by atoms with Gasteiger partial charge in [0.2, 0.25) is 0 Å². The fourth-order valence-corrected chi connectivity index (χ4v) is 2.86. The van der Waals surface area contributed by atoms with Gasteiger partial charge in [0.25, 0.3) is 11.1 Å². The second-order valence-corrected chi connectivity index (χ2v) is 5.55. The van der Waals surface area contributed by atoms with Crippen molar-refractivity contribution in [3.05, 3.63) is 64.8 Å². The van der Waals surface area contributed by atoms with Crippen LogP contribution in [0.15, 0.2) is 53.4 Å². The highest BCUT2D eigenvalue weighted by Crippen LogP contribution is 2.36. The molecule has 0 spiro atoms. The Bertz CT molecular complexity index is 786. The highest BCUT2D eigenvalue weighted by atomic mass is 32.2. The van der Waals surface area contributed by atoms with Crippen LogP contribution in [0.2, 0.25) is 0 Å². The number of benzene rings is 2. The number of phenolic OH excluding ortho intramolecular Hbond substituents is 1. The van der Waals surface area contributed by atoms with Crippen LogP contribution in [0.1, 0.15) is 5.56 Å². The van der Waals surface area contributed by atoms with Gasteiger partial charge < -0.3 is 5.11 Å². The minimum atomic E-state index is -0.495. The largest absolute Gasteiger partial charge is 0.507 e. The van der Waals surface area contributed by atoms with E-state index in [0.29, 0.717) is 11.3 Å². The monoisotopic (exact) mass is 315 g/mol. The van der Waals surface area contributed by atoms with Gasteiger partial charge in [-0.3, -0.25) is 9.59 Å². The molecule has 0 atom stereocenters. The first-order valence-electron chi connectivity index (χ1n) is 6.38. The van der Waals surface area contributed by atoms with E-state index in [1.165, 1.54) is 36.4 Å². The van der Waals surface area contributed by atoms with Crippen LogP contribution in [-0.4, -0.2) is 16.3 Å². The molecule has 1 saturated heterocycles. The van der Waals surface area contributed by atoms with Crippen molar-refractivity contribution in [3.8, 4) is 5.75 Å². The molecule has 1 aliphatic rings. The number of carbonyl (C=O) groups excluding carboxylic acids is 2. The van der Waals surface area contributed by atoms with Crippen molar-refractivity contribution < 1.29 is 19.1 Å². The van der Waals surface area contributed by atoms with E-state index in [4.69, 9.17) is 0 Å². The maximum Gasteiger partial charge on any atom is 0.298 e. The number of imide groups is 1. The van der Waals surface area contributed by atoms with Crippen LogP contribution in [0, 0.1) is 5.82 Å². The lowest BCUT2D eigenvalue weighted by Gasteiger charge is -2.11. The molecule has 2 aromatic carbocycles. The first kappa shape index (κ1) is 14.3. The highest BCUT2D eigenvalue weighted by molar-refractivity contribution is 8.19. The summed E-state index contributed by atoms with van der Waals surface area (Å²) < 4.78 is 12.9.